The van der Waals surface area contributed by atoms with Gasteiger partial charge < -0.3 is 15.0 Å². The van der Waals surface area contributed by atoms with Gasteiger partial charge in [-0.05, 0) is 44.5 Å². The molecule has 0 radical (unpaired) electrons. The van der Waals surface area contributed by atoms with Gasteiger partial charge in [-0.15, -0.1) is 0 Å². The smallest absolute Gasteiger partial charge is 0.225 e. The number of carbonyl (C=O) groups is 1. The van der Waals surface area contributed by atoms with Crippen LogP contribution in [0.2, 0.25) is 0 Å². The summed E-state index contributed by atoms with van der Waals surface area (Å²) in [6, 6.07) is 8.47. The zero-order valence-electron chi connectivity index (χ0n) is 12.4. The largest absolute Gasteiger partial charge is 0.493 e. The summed E-state index contributed by atoms with van der Waals surface area (Å²) in [5.74, 6) is 1.04. The van der Waals surface area contributed by atoms with Crippen molar-refractivity contribution in [3.05, 3.63) is 29.8 Å². The number of aryl methyl sites for hydroxylation is 1. The van der Waals surface area contributed by atoms with E-state index in [0.717, 1.165) is 31.7 Å². The second-order valence-electron chi connectivity index (χ2n) is 5.36. The van der Waals surface area contributed by atoms with Crippen LogP contribution in [0, 0.1) is 6.92 Å². The van der Waals surface area contributed by atoms with Crippen LogP contribution in [0.5, 0.6) is 5.75 Å². The molecule has 1 fully saturated rings. The fourth-order valence-corrected chi connectivity index (χ4v) is 2.54. The van der Waals surface area contributed by atoms with Crippen LogP contribution in [0.25, 0.3) is 0 Å². The van der Waals surface area contributed by atoms with E-state index in [1.807, 2.05) is 43.1 Å². The van der Waals surface area contributed by atoms with Crippen molar-refractivity contribution >= 4 is 5.91 Å². The van der Waals surface area contributed by atoms with Crippen LogP contribution in [0.3, 0.4) is 0 Å². The molecule has 0 aromatic heterocycles. The first-order valence-electron chi connectivity index (χ1n) is 7.33. The zero-order valence-corrected chi connectivity index (χ0v) is 12.4. The average molecular weight is 276 g/mol. The van der Waals surface area contributed by atoms with Gasteiger partial charge >= 0.3 is 0 Å². The molecule has 1 aliphatic heterocycles. The van der Waals surface area contributed by atoms with Crippen LogP contribution in [0.1, 0.15) is 24.8 Å². The number of carbonyl (C=O) groups excluding carboxylic acids is 1. The fraction of sp³-hybridized carbons (Fsp3) is 0.562. The highest BCUT2D eigenvalue weighted by Crippen LogP contribution is 2.14. The summed E-state index contributed by atoms with van der Waals surface area (Å²) < 4.78 is 5.63. The number of hydrogen-bond acceptors (Lipinski definition) is 3. The number of nitrogens with zero attached hydrogens (tertiary/aromatic N) is 1. The highest BCUT2D eigenvalue weighted by Gasteiger charge is 2.21. The summed E-state index contributed by atoms with van der Waals surface area (Å²) in [6.45, 7) is 4.20. The van der Waals surface area contributed by atoms with Gasteiger partial charge in [0.15, 0.2) is 0 Å². The zero-order chi connectivity index (χ0) is 14.4. The highest BCUT2D eigenvalue weighted by molar-refractivity contribution is 5.76. The number of rotatable bonds is 5. The molecule has 4 heteroatoms. The maximum Gasteiger partial charge on any atom is 0.225 e. The van der Waals surface area contributed by atoms with Crippen molar-refractivity contribution in [2.75, 3.05) is 26.7 Å². The molecule has 1 aliphatic rings. The van der Waals surface area contributed by atoms with E-state index in [0.29, 0.717) is 19.1 Å². The van der Waals surface area contributed by atoms with Gasteiger partial charge in [0, 0.05) is 19.1 Å². The van der Waals surface area contributed by atoms with Crippen molar-refractivity contribution in [1.82, 2.24) is 10.2 Å². The summed E-state index contributed by atoms with van der Waals surface area (Å²) in [4.78, 5) is 14.0. The van der Waals surface area contributed by atoms with E-state index >= 15 is 0 Å². The van der Waals surface area contributed by atoms with Crippen LogP contribution in [0.4, 0.5) is 0 Å². The van der Waals surface area contributed by atoms with Gasteiger partial charge in [0.1, 0.15) is 5.75 Å². The Kier molecular flexibility index (Phi) is 5.41. The number of hydrogen-bond donors (Lipinski definition) is 1. The van der Waals surface area contributed by atoms with E-state index in [1.54, 1.807) is 0 Å². The van der Waals surface area contributed by atoms with Crippen molar-refractivity contribution in [3.63, 3.8) is 0 Å². The Bertz CT molecular complexity index is 440. The van der Waals surface area contributed by atoms with Crippen molar-refractivity contribution in [2.24, 2.45) is 0 Å². The molecule has 0 saturated carbocycles. The molecule has 1 heterocycles. The van der Waals surface area contributed by atoms with Gasteiger partial charge in [0.25, 0.3) is 0 Å². The number of amides is 1. The predicted molar refractivity (Wildman–Crippen MR) is 80.0 cm³/mol. The Morgan fingerprint density at radius 2 is 2.15 bits per heavy atom. The molecular weight excluding hydrogens is 252 g/mol. The van der Waals surface area contributed by atoms with Crippen LogP contribution in [-0.4, -0.2) is 43.6 Å². The summed E-state index contributed by atoms with van der Waals surface area (Å²) in [7, 11) is 1.98. The molecule has 1 aromatic rings. The monoisotopic (exact) mass is 276 g/mol. The summed E-state index contributed by atoms with van der Waals surface area (Å²) in [5.41, 5.74) is 1.17. The number of ether oxygens (including phenoxy) is 1. The average Bonchev–Trinajstić information content (AvgIpc) is 2.47. The van der Waals surface area contributed by atoms with E-state index in [9.17, 15) is 4.79 Å². The maximum atomic E-state index is 12.1. The molecule has 0 aliphatic carbocycles. The van der Waals surface area contributed by atoms with Gasteiger partial charge in [-0.2, -0.15) is 0 Å². The van der Waals surface area contributed by atoms with E-state index < -0.39 is 0 Å². The van der Waals surface area contributed by atoms with E-state index in [2.05, 4.69) is 5.32 Å². The first-order chi connectivity index (χ1) is 9.69. The standard InChI is InChI=1S/C16H24N2O2/c1-13-4-3-5-15(12-13)20-11-8-16(19)18-9-6-14(17-2)7-10-18/h3-5,12,14,17H,6-11H2,1-2H3. The minimum absolute atomic E-state index is 0.201. The molecule has 1 saturated heterocycles. The Labute approximate surface area is 121 Å². The summed E-state index contributed by atoms with van der Waals surface area (Å²) >= 11 is 0. The van der Waals surface area contributed by atoms with Crippen LogP contribution < -0.4 is 10.1 Å². The van der Waals surface area contributed by atoms with Crippen LogP contribution >= 0.6 is 0 Å². The van der Waals surface area contributed by atoms with E-state index in [1.165, 1.54) is 5.56 Å². The van der Waals surface area contributed by atoms with Crippen molar-refractivity contribution in [1.29, 1.82) is 0 Å². The topological polar surface area (TPSA) is 41.6 Å². The van der Waals surface area contributed by atoms with Crippen molar-refractivity contribution in [2.45, 2.75) is 32.2 Å². The lowest BCUT2D eigenvalue weighted by Crippen LogP contribution is -2.44. The lowest BCUT2D eigenvalue weighted by molar-refractivity contribution is -0.132. The third kappa shape index (κ3) is 4.23. The minimum atomic E-state index is 0.201. The lowest BCUT2D eigenvalue weighted by atomic mass is 10.1. The van der Waals surface area contributed by atoms with Crippen molar-refractivity contribution < 1.29 is 9.53 Å². The molecule has 2 rings (SSSR count). The minimum Gasteiger partial charge on any atom is -0.493 e. The molecule has 0 bridgehead atoms. The molecule has 1 aromatic carbocycles. The first-order valence-corrected chi connectivity index (χ1v) is 7.33. The molecular formula is C16H24N2O2. The molecule has 1 N–H and O–H groups in total. The summed E-state index contributed by atoms with van der Waals surface area (Å²) in [6.07, 6.45) is 2.54. The van der Waals surface area contributed by atoms with Crippen molar-refractivity contribution in [3.8, 4) is 5.75 Å². The second-order valence-corrected chi connectivity index (χ2v) is 5.36. The third-order valence-corrected chi connectivity index (χ3v) is 3.83. The van der Waals surface area contributed by atoms with Gasteiger partial charge in [-0.1, -0.05) is 12.1 Å². The van der Waals surface area contributed by atoms with Crippen LogP contribution in [0.15, 0.2) is 24.3 Å². The third-order valence-electron chi connectivity index (χ3n) is 3.83. The molecule has 4 nitrogen and oxygen atoms in total. The van der Waals surface area contributed by atoms with Crippen LogP contribution in [-0.2, 0) is 4.79 Å². The number of benzene rings is 1. The highest BCUT2D eigenvalue weighted by atomic mass is 16.5. The molecule has 0 unspecified atom stereocenters. The SMILES string of the molecule is CNC1CCN(C(=O)CCOc2cccc(C)c2)CC1. The van der Waals surface area contributed by atoms with Gasteiger partial charge in [0.05, 0.1) is 13.0 Å². The number of likely N-dealkylation sites (tertiary alicyclic amines) is 1. The molecule has 0 spiro atoms. The first kappa shape index (κ1) is 14.9. The summed E-state index contributed by atoms with van der Waals surface area (Å²) in [5, 5.41) is 3.27. The Morgan fingerprint density at radius 1 is 1.40 bits per heavy atom. The van der Waals surface area contributed by atoms with Gasteiger partial charge in [-0.25, -0.2) is 0 Å². The maximum absolute atomic E-state index is 12.1. The lowest BCUT2D eigenvalue weighted by Gasteiger charge is -2.31. The normalized spacial score (nSPS) is 16.2. The predicted octanol–water partition coefficient (Wildman–Crippen LogP) is 1.97. The molecule has 0 atom stereocenters. The van der Waals surface area contributed by atoms with E-state index in [-0.39, 0.29) is 5.91 Å². The fourth-order valence-electron chi connectivity index (χ4n) is 2.54. The number of nitrogens with one attached hydrogen (secondary N) is 1. The molecule has 20 heavy (non-hydrogen) atoms. The molecule has 110 valence electrons. The number of piperidine rings is 1. The second kappa shape index (κ2) is 7.29. The van der Waals surface area contributed by atoms with E-state index in [4.69, 9.17) is 4.74 Å². The van der Waals surface area contributed by atoms with Gasteiger partial charge in [-0.3, -0.25) is 4.79 Å². The Morgan fingerprint density at radius 3 is 2.80 bits per heavy atom. The molecule has 1 amide bonds. The quantitative estimate of drug-likeness (QED) is 0.894. The Balaban J connectivity index is 1.70. The van der Waals surface area contributed by atoms with Gasteiger partial charge in [0.2, 0.25) is 5.91 Å². The Hall–Kier alpha value is -1.55.